The number of amides is 1. The van der Waals surface area contributed by atoms with Gasteiger partial charge in [0.15, 0.2) is 0 Å². The zero-order chi connectivity index (χ0) is 30.9. The van der Waals surface area contributed by atoms with Crippen molar-refractivity contribution in [2.45, 2.75) is 12.5 Å². The van der Waals surface area contributed by atoms with Crippen LogP contribution in [0.1, 0.15) is 5.56 Å². The fourth-order valence-electron chi connectivity index (χ4n) is 3.75. The number of nitrogen functional groups attached to an aromatic ring is 1. The fourth-order valence-corrected chi connectivity index (χ4v) is 3.75. The van der Waals surface area contributed by atoms with E-state index in [0.717, 1.165) is 7.11 Å². The van der Waals surface area contributed by atoms with Gasteiger partial charge in [0, 0.05) is 38.3 Å². The van der Waals surface area contributed by atoms with E-state index in [2.05, 4.69) is 10.1 Å². The molecule has 0 fully saturated rings. The molecule has 16 heteroatoms. The van der Waals surface area contributed by atoms with Crippen LogP contribution in [-0.2, 0) is 44.7 Å². The van der Waals surface area contributed by atoms with Gasteiger partial charge >= 0.3 is 29.8 Å². The number of ether oxygens (including phenoxy) is 2. The van der Waals surface area contributed by atoms with Crippen LogP contribution in [0.2, 0.25) is 0 Å². The number of carbonyl (C=O) groups is 6. The van der Waals surface area contributed by atoms with Gasteiger partial charge in [-0.1, -0.05) is 12.1 Å². The fraction of sp³-hybridized carbons (Fsp3) is 0.520. The smallest absolute Gasteiger partial charge is 0.328 e. The molecule has 6 N–H and O–H groups in total. The zero-order valence-electron chi connectivity index (χ0n) is 23.0. The second-order valence-corrected chi connectivity index (χ2v) is 9.04. The van der Waals surface area contributed by atoms with E-state index >= 15 is 0 Å². The highest BCUT2D eigenvalue weighted by molar-refractivity contribution is 5.86. The highest BCUT2D eigenvalue weighted by atomic mass is 16.5. The Bertz CT molecular complexity index is 1050. The third-order valence-electron chi connectivity index (χ3n) is 5.73. The second kappa shape index (κ2) is 18.1. The number of aliphatic carboxylic acids is 3. The van der Waals surface area contributed by atoms with Gasteiger partial charge in [0.1, 0.15) is 6.04 Å². The Morgan fingerprint density at radius 1 is 0.732 bits per heavy atom. The lowest BCUT2D eigenvalue weighted by Gasteiger charge is -2.28. The number of carboxylic acids is 3. The number of anilines is 1. The first-order chi connectivity index (χ1) is 19.3. The molecule has 1 aromatic rings. The van der Waals surface area contributed by atoms with Gasteiger partial charge in [-0.15, -0.1) is 0 Å². The molecule has 1 atom stereocenters. The van der Waals surface area contributed by atoms with Gasteiger partial charge in [-0.3, -0.25) is 38.7 Å². The van der Waals surface area contributed by atoms with Gasteiger partial charge in [0.25, 0.3) is 0 Å². The van der Waals surface area contributed by atoms with Crippen molar-refractivity contribution in [1.82, 2.24) is 20.0 Å². The molecule has 0 radical (unpaired) electrons. The van der Waals surface area contributed by atoms with E-state index in [1.165, 1.54) is 21.8 Å². The number of esters is 2. The lowest BCUT2D eigenvalue weighted by Crippen LogP contribution is -2.49. The van der Waals surface area contributed by atoms with Crippen LogP contribution in [0, 0.1) is 0 Å². The summed E-state index contributed by atoms with van der Waals surface area (Å²) in [5.41, 5.74) is 6.90. The van der Waals surface area contributed by atoms with E-state index in [4.69, 9.17) is 15.6 Å². The van der Waals surface area contributed by atoms with E-state index in [1.54, 1.807) is 24.3 Å². The van der Waals surface area contributed by atoms with Gasteiger partial charge < -0.3 is 35.8 Å². The summed E-state index contributed by atoms with van der Waals surface area (Å²) < 4.78 is 9.34. The maximum atomic E-state index is 12.8. The summed E-state index contributed by atoms with van der Waals surface area (Å²) in [7, 11) is 2.32. The number of hydrogen-bond donors (Lipinski definition) is 5. The molecule has 16 nitrogen and oxygen atoms in total. The highest BCUT2D eigenvalue weighted by Gasteiger charge is 2.24. The molecule has 0 spiro atoms. The highest BCUT2D eigenvalue weighted by Crippen LogP contribution is 2.09. The minimum Gasteiger partial charge on any atom is -0.480 e. The first-order valence-corrected chi connectivity index (χ1v) is 12.4. The van der Waals surface area contributed by atoms with E-state index in [-0.39, 0.29) is 39.1 Å². The SMILES string of the molecule is COC(=O)CN(CCN(CCN(CC(=O)O)CC(=O)NC(Cc1ccc(N)cc1)C(=O)OC)CC(=O)O)CC(=O)O. The molecule has 41 heavy (non-hydrogen) atoms. The molecule has 1 unspecified atom stereocenters. The minimum absolute atomic E-state index is 0.0000412. The Morgan fingerprint density at radius 2 is 1.20 bits per heavy atom. The van der Waals surface area contributed by atoms with Crippen LogP contribution in [0.3, 0.4) is 0 Å². The van der Waals surface area contributed by atoms with E-state index in [9.17, 15) is 39.0 Å². The van der Waals surface area contributed by atoms with Crippen molar-refractivity contribution in [3.8, 4) is 0 Å². The Labute approximate surface area is 236 Å². The summed E-state index contributed by atoms with van der Waals surface area (Å²) >= 11 is 0. The van der Waals surface area contributed by atoms with Crippen molar-refractivity contribution < 1.29 is 53.6 Å². The molecule has 228 valence electrons. The third kappa shape index (κ3) is 15.2. The third-order valence-corrected chi connectivity index (χ3v) is 5.73. The minimum atomic E-state index is -1.24. The van der Waals surface area contributed by atoms with Crippen LogP contribution < -0.4 is 11.1 Å². The molecule has 0 aliphatic carbocycles. The van der Waals surface area contributed by atoms with Crippen LogP contribution in [-0.4, -0.2) is 145 Å². The number of hydrogen-bond acceptors (Lipinski definition) is 12. The molecule has 0 saturated heterocycles. The van der Waals surface area contributed by atoms with E-state index in [0.29, 0.717) is 11.3 Å². The second-order valence-electron chi connectivity index (χ2n) is 9.04. The van der Waals surface area contributed by atoms with Gasteiger partial charge in [-0.05, 0) is 17.7 Å². The van der Waals surface area contributed by atoms with Gasteiger partial charge in [-0.25, -0.2) is 4.79 Å². The van der Waals surface area contributed by atoms with Gasteiger partial charge in [-0.2, -0.15) is 0 Å². The van der Waals surface area contributed by atoms with Gasteiger partial charge in [0.05, 0.1) is 46.9 Å². The van der Waals surface area contributed by atoms with Crippen LogP contribution in [0.25, 0.3) is 0 Å². The lowest BCUT2D eigenvalue weighted by atomic mass is 10.1. The number of carbonyl (C=O) groups excluding carboxylic acids is 3. The van der Waals surface area contributed by atoms with Crippen LogP contribution in [0.15, 0.2) is 24.3 Å². The number of methoxy groups -OCH3 is 2. The molecule has 0 aliphatic rings. The Hall–Kier alpha value is -4.28. The molecular formula is C25H37N5O11. The topological polar surface area (TPSA) is 229 Å². The molecule has 0 saturated carbocycles. The maximum absolute atomic E-state index is 12.8. The number of nitrogens with zero attached hydrogens (tertiary/aromatic N) is 3. The Balaban J connectivity index is 2.88. The Morgan fingerprint density at radius 3 is 1.66 bits per heavy atom. The average molecular weight is 584 g/mol. The maximum Gasteiger partial charge on any atom is 0.328 e. The van der Waals surface area contributed by atoms with Crippen molar-refractivity contribution >= 4 is 41.4 Å². The number of nitrogens with one attached hydrogen (secondary N) is 1. The monoisotopic (exact) mass is 583 g/mol. The first-order valence-electron chi connectivity index (χ1n) is 12.4. The molecular weight excluding hydrogens is 546 g/mol. The zero-order valence-corrected chi connectivity index (χ0v) is 23.0. The lowest BCUT2D eigenvalue weighted by molar-refractivity contribution is -0.146. The normalized spacial score (nSPS) is 11.7. The van der Waals surface area contributed by atoms with Crippen molar-refractivity contribution in [3.05, 3.63) is 29.8 Å². The summed E-state index contributed by atoms with van der Waals surface area (Å²) in [5, 5.41) is 30.3. The molecule has 0 aromatic heterocycles. The summed E-state index contributed by atoms with van der Waals surface area (Å²) in [6.45, 7) is -2.28. The summed E-state index contributed by atoms with van der Waals surface area (Å²) in [6.07, 6.45) is 0.0996. The summed E-state index contributed by atoms with van der Waals surface area (Å²) in [5.74, 6) is -5.65. The summed E-state index contributed by atoms with van der Waals surface area (Å²) in [4.78, 5) is 74.6. The standard InChI is InChI=1S/C25H37N5O11/c1-40-24(38)16-30(15-23(36)37)10-8-28(13-21(32)33)7-9-29(14-22(34)35)12-20(31)27-19(25(39)41-2)11-17-3-5-18(26)6-4-17/h3-6,19H,7-16,26H2,1-2H3,(H,27,31)(H,32,33)(H,34,35)(H,36,37). The van der Waals surface area contributed by atoms with E-state index in [1.807, 2.05) is 0 Å². The van der Waals surface area contributed by atoms with Crippen molar-refractivity contribution in [2.75, 3.05) is 78.9 Å². The van der Waals surface area contributed by atoms with Crippen molar-refractivity contribution in [3.63, 3.8) is 0 Å². The quantitative estimate of drug-likeness (QED) is 0.0810. The number of nitrogens with two attached hydrogens (primary N) is 1. The van der Waals surface area contributed by atoms with Gasteiger partial charge in [0.2, 0.25) is 5.91 Å². The van der Waals surface area contributed by atoms with Crippen LogP contribution in [0.4, 0.5) is 5.69 Å². The predicted molar refractivity (Wildman–Crippen MR) is 143 cm³/mol. The largest absolute Gasteiger partial charge is 0.480 e. The number of rotatable bonds is 20. The van der Waals surface area contributed by atoms with Crippen LogP contribution >= 0.6 is 0 Å². The van der Waals surface area contributed by atoms with Crippen LogP contribution in [0.5, 0.6) is 0 Å². The molecule has 0 heterocycles. The Kier molecular flexibility index (Phi) is 15.4. The average Bonchev–Trinajstić information content (AvgIpc) is 2.89. The number of benzene rings is 1. The number of carboxylic acid groups (broad SMARTS) is 3. The predicted octanol–water partition coefficient (Wildman–Crippen LogP) is -2.20. The molecule has 0 aliphatic heterocycles. The van der Waals surface area contributed by atoms with Crippen molar-refractivity contribution in [1.29, 1.82) is 0 Å². The summed E-state index contributed by atoms with van der Waals surface area (Å²) in [6, 6.07) is 5.60. The molecule has 1 rings (SSSR count). The molecule has 1 amide bonds. The van der Waals surface area contributed by atoms with E-state index < -0.39 is 68.0 Å². The first kappa shape index (κ1) is 34.7. The molecule has 1 aromatic carbocycles. The van der Waals surface area contributed by atoms with Crippen molar-refractivity contribution in [2.24, 2.45) is 0 Å². The molecule has 0 bridgehead atoms.